The molecule has 86 valence electrons. The lowest BCUT2D eigenvalue weighted by molar-refractivity contribution is 1.25. The summed E-state index contributed by atoms with van der Waals surface area (Å²) >= 11 is 12.6. The highest BCUT2D eigenvalue weighted by Crippen LogP contribution is 2.25. The molecule has 2 rings (SSSR count). The van der Waals surface area contributed by atoms with Crippen molar-refractivity contribution in [1.29, 1.82) is 0 Å². The summed E-state index contributed by atoms with van der Waals surface area (Å²) in [5.41, 5.74) is 0.939. The fourth-order valence-corrected chi connectivity index (χ4v) is 2.51. The maximum atomic E-state index is 5.89. The maximum absolute atomic E-state index is 5.89. The Balaban J connectivity index is 2.26. The molecule has 0 amide bonds. The Bertz CT molecular complexity index is 570. The summed E-state index contributed by atoms with van der Waals surface area (Å²) in [6.07, 6.45) is 3.43. The van der Waals surface area contributed by atoms with Gasteiger partial charge in [0, 0.05) is 21.9 Å². The van der Waals surface area contributed by atoms with E-state index in [1.807, 2.05) is 30.3 Å². The fourth-order valence-electron chi connectivity index (χ4n) is 1.22. The average molecular weight is 374 g/mol. The summed E-state index contributed by atoms with van der Waals surface area (Å²) in [6, 6.07) is 9.39. The first-order valence-electron chi connectivity index (χ1n) is 4.76. The Morgan fingerprint density at radius 1 is 1.24 bits per heavy atom. The number of nitrogens with zero attached hydrogens (tertiary/aromatic N) is 2. The largest absolute Gasteiger partial charge is 0.236 e. The molecule has 5 heteroatoms. The smallest absolute Gasteiger partial charge is 0.166 e. The zero-order valence-corrected chi connectivity index (χ0v) is 12.5. The van der Waals surface area contributed by atoms with Crippen molar-refractivity contribution in [2.75, 3.05) is 0 Å². The molecular formula is C12H7Br2ClN2. The molecule has 0 fully saturated rings. The minimum atomic E-state index is 0.633. The normalized spacial score (nSPS) is 11.0. The van der Waals surface area contributed by atoms with E-state index in [2.05, 4.69) is 41.8 Å². The van der Waals surface area contributed by atoms with E-state index in [-0.39, 0.29) is 0 Å². The molecule has 2 nitrogen and oxygen atoms in total. The second-order valence-corrected chi connectivity index (χ2v) is 5.48. The van der Waals surface area contributed by atoms with Crippen LogP contribution >= 0.6 is 43.5 Å². The van der Waals surface area contributed by atoms with Crippen LogP contribution in [0.5, 0.6) is 0 Å². The molecule has 0 unspecified atom stereocenters. The molecule has 1 heterocycles. The first-order chi connectivity index (χ1) is 8.15. The molecule has 1 aromatic carbocycles. The lowest BCUT2D eigenvalue weighted by atomic mass is 10.2. The summed E-state index contributed by atoms with van der Waals surface area (Å²) < 4.78 is 1.75. The van der Waals surface area contributed by atoms with Gasteiger partial charge in [0.25, 0.3) is 0 Å². The van der Waals surface area contributed by atoms with E-state index in [1.165, 1.54) is 0 Å². The number of hydrogen-bond donors (Lipinski definition) is 0. The van der Waals surface area contributed by atoms with Gasteiger partial charge in [-0.25, -0.2) is 9.98 Å². The van der Waals surface area contributed by atoms with Crippen LogP contribution < -0.4 is 0 Å². The predicted octanol–water partition coefficient (Wildman–Crippen LogP) is 5.01. The Labute approximate surface area is 121 Å². The number of pyridine rings is 1. The van der Waals surface area contributed by atoms with Crippen molar-refractivity contribution in [3.63, 3.8) is 0 Å². The number of rotatable bonds is 2. The van der Waals surface area contributed by atoms with Gasteiger partial charge in [-0.1, -0.05) is 23.7 Å². The van der Waals surface area contributed by atoms with Crippen LogP contribution in [0.2, 0.25) is 5.02 Å². The third kappa shape index (κ3) is 3.63. The van der Waals surface area contributed by atoms with Crippen molar-refractivity contribution >= 4 is 55.5 Å². The number of halogens is 3. The second kappa shape index (κ2) is 5.76. The maximum Gasteiger partial charge on any atom is 0.166 e. The third-order valence-corrected chi connectivity index (χ3v) is 3.23. The molecule has 0 aliphatic carbocycles. The molecule has 0 saturated heterocycles. The van der Waals surface area contributed by atoms with Crippen LogP contribution in [-0.4, -0.2) is 11.2 Å². The van der Waals surface area contributed by atoms with Gasteiger partial charge in [0.1, 0.15) is 0 Å². The zero-order valence-electron chi connectivity index (χ0n) is 8.57. The highest BCUT2D eigenvalue weighted by atomic mass is 79.9. The van der Waals surface area contributed by atoms with Gasteiger partial charge >= 0.3 is 0 Å². The van der Waals surface area contributed by atoms with Crippen molar-refractivity contribution in [2.45, 2.75) is 0 Å². The Morgan fingerprint density at radius 2 is 2.06 bits per heavy atom. The summed E-state index contributed by atoms with van der Waals surface area (Å²) in [4.78, 5) is 8.49. The number of benzene rings is 1. The topological polar surface area (TPSA) is 25.2 Å². The lowest BCUT2D eigenvalue weighted by Crippen LogP contribution is -1.82. The molecule has 17 heavy (non-hydrogen) atoms. The van der Waals surface area contributed by atoms with Gasteiger partial charge in [0.2, 0.25) is 0 Å². The van der Waals surface area contributed by atoms with E-state index in [9.17, 15) is 0 Å². The van der Waals surface area contributed by atoms with Crippen molar-refractivity contribution in [1.82, 2.24) is 4.98 Å². The average Bonchev–Trinajstić information content (AvgIpc) is 2.28. The van der Waals surface area contributed by atoms with Gasteiger partial charge in [-0.2, -0.15) is 0 Å². The van der Waals surface area contributed by atoms with Crippen LogP contribution in [0.25, 0.3) is 0 Å². The summed E-state index contributed by atoms with van der Waals surface area (Å²) in [7, 11) is 0. The zero-order chi connectivity index (χ0) is 12.3. The molecule has 1 aromatic heterocycles. The molecule has 0 N–H and O–H groups in total. The minimum absolute atomic E-state index is 0.633. The van der Waals surface area contributed by atoms with Gasteiger partial charge in [-0.15, -0.1) is 0 Å². The lowest BCUT2D eigenvalue weighted by Gasteiger charge is -1.98. The highest BCUT2D eigenvalue weighted by Gasteiger charge is 1.99. The summed E-state index contributed by atoms with van der Waals surface area (Å²) in [5, 5.41) is 0.691. The van der Waals surface area contributed by atoms with Gasteiger partial charge in [0.15, 0.2) is 5.82 Å². The summed E-state index contributed by atoms with van der Waals surface area (Å²) in [6.45, 7) is 0. The minimum Gasteiger partial charge on any atom is -0.236 e. The van der Waals surface area contributed by atoms with Crippen molar-refractivity contribution in [2.24, 2.45) is 4.99 Å². The van der Waals surface area contributed by atoms with Gasteiger partial charge < -0.3 is 0 Å². The monoisotopic (exact) mass is 372 g/mol. The molecule has 0 aliphatic rings. The van der Waals surface area contributed by atoms with Crippen LogP contribution in [0.3, 0.4) is 0 Å². The molecule has 0 radical (unpaired) electrons. The standard InChI is InChI=1S/C12H7Br2ClN2/c13-9-5-11(14)12(17-7-9)16-6-8-2-1-3-10(15)4-8/h1-7H/b16-6+. The molecule has 0 saturated carbocycles. The first-order valence-corrected chi connectivity index (χ1v) is 6.72. The Hall–Kier alpha value is -0.710. The fraction of sp³-hybridized carbons (Fsp3) is 0. The van der Waals surface area contributed by atoms with Crippen LogP contribution in [0.4, 0.5) is 5.82 Å². The SMILES string of the molecule is Clc1cccc(/C=N/c2ncc(Br)cc2Br)c1. The Kier molecular flexibility index (Phi) is 4.31. The van der Waals surface area contributed by atoms with Crippen LogP contribution in [0.15, 0.2) is 50.5 Å². The van der Waals surface area contributed by atoms with E-state index in [0.29, 0.717) is 10.8 Å². The number of hydrogen-bond acceptors (Lipinski definition) is 2. The molecular weight excluding hydrogens is 367 g/mol. The van der Waals surface area contributed by atoms with Gasteiger partial charge in [-0.3, -0.25) is 0 Å². The number of aliphatic imine (C=N–C) groups is 1. The first kappa shape index (κ1) is 12.7. The van der Waals surface area contributed by atoms with Crippen molar-refractivity contribution in [3.05, 3.63) is 56.1 Å². The van der Waals surface area contributed by atoms with E-state index >= 15 is 0 Å². The van der Waals surface area contributed by atoms with E-state index in [4.69, 9.17) is 11.6 Å². The molecule has 0 spiro atoms. The third-order valence-electron chi connectivity index (χ3n) is 1.97. The summed E-state index contributed by atoms with van der Waals surface area (Å²) in [5.74, 6) is 0.633. The van der Waals surface area contributed by atoms with Crippen LogP contribution in [-0.2, 0) is 0 Å². The van der Waals surface area contributed by atoms with Gasteiger partial charge in [-0.05, 0) is 55.6 Å². The van der Waals surface area contributed by atoms with Crippen molar-refractivity contribution in [3.8, 4) is 0 Å². The highest BCUT2D eigenvalue weighted by molar-refractivity contribution is 9.11. The van der Waals surface area contributed by atoms with Crippen LogP contribution in [0.1, 0.15) is 5.56 Å². The number of aromatic nitrogens is 1. The molecule has 2 aromatic rings. The second-order valence-electron chi connectivity index (χ2n) is 3.27. The quantitative estimate of drug-likeness (QED) is 0.678. The molecule has 0 aliphatic heterocycles. The van der Waals surface area contributed by atoms with Gasteiger partial charge in [0.05, 0.1) is 4.47 Å². The van der Waals surface area contributed by atoms with E-state index < -0.39 is 0 Å². The van der Waals surface area contributed by atoms with E-state index in [1.54, 1.807) is 12.4 Å². The molecule has 0 bridgehead atoms. The Morgan fingerprint density at radius 3 is 2.76 bits per heavy atom. The van der Waals surface area contributed by atoms with Crippen molar-refractivity contribution < 1.29 is 0 Å². The van der Waals surface area contributed by atoms with E-state index in [0.717, 1.165) is 14.5 Å². The van der Waals surface area contributed by atoms with Crippen LogP contribution in [0, 0.1) is 0 Å². The predicted molar refractivity (Wildman–Crippen MR) is 78.3 cm³/mol. The molecule has 0 atom stereocenters.